The van der Waals surface area contributed by atoms with Gasteiger partial charge in [0.2, 0.25) is 0 Å². The maximum atomic E-state index is 11.7. The quantitative estimate of drug-likeness (QED) is 0.508. The monoisotopic (exact) mass is 273 g/mol. The Kier molecular flexibility index (Phi) is 3.81. The number of hydrogen-bond donors (Lipinski definition) is 1. The second-order valence-electron chi connectivity index (χ2n) is 4.59. The number of nitro groups is 1. The summed E-state index contributed by atoms with van der Waals surface area (Å²) >= 11 is 5.55. The fraction of sp³-hybridized carbons (Fsp3) is 0.364. The van der Waals surface area contributed by atoms with Gasteiger partial charge in [-0.1, -0.05) is 11.6 Å². The topological polar surface area (TPSA) is 89.7 Å². The van der Waals surface area contributed by atoms with Crippen molar-refractivity contribution in [3.8, 4) is 5.75 Å². The smallest absolute Gasteiger partial charge is 0.339 e. The van der Waals surface area contributed by atoms with E-state index in [0.29, 0.717) is 0 Å². The molecule has 0 amide bonds. The highest BCUT2D eigenvalue weighted by Gasteiger charge is 2.24. The van der Waals surface area contributed by atoms with Crippen LogP contribution in [-0.2, 0) is 4.74 Å². The van der Waals surface area contributed by atoms with E-state index in [0.717, 1.165) is 12.1 Å². The molecule has 1 aromatic carbocycles. The molecule has 0 unspecified atom stereocenters. The summed E-state index contributed by atoms with van der Waals surface area (Å²) in [5.74, 6) is -1.30. The molecule has 0 aromatic heterocycles. The van der Waals surface area contributed by atoms with Crippen LogP contribution in [0.3, 0.4) is 0 Å². The number of ether oxygens (including phenoxy) is 1. The summed E-state index contributed by atoms with van der Waals surface area (Å²) < 4.78 is 5.04. The van der Waals surface area contributed by atoms with Crippen LogP contribution >= 0.6 is 11.6 Å². The molecule has 0 atom stereocenters. The molecule has 18 heavy (non-hydrogen) atoms. The Morgan fingerprint density at radius 1 is 1.44 bits per heavy atom. The number of benzene rings is 1. The minimum absolute atomic E-state index is 0.126. The third-order valence-electron chi connectivity index (χ3n) is 1.87. The minimum Gasteiger partial charge on any atom is -0.506 e. The molecule has 0 heterocycles. The van der Waals surface area contributed by atoms with E-state index in [1.165, 1.54) is 0 Å². The van der Waals surface area contributed by atoms with Crippen LogP contribution in [0.2, 0.25) is 5.02 Å². The van der Waals surface area contributed by atoms with Crippen molar-refractivity contribution in [3.05, 3.63) is 32.8 Å². The molecule has 0 saturated carbocycles. The van der Waals surface area contributed by atoms with Gasteiger partial charge in [0, 0.05) is 6.07 Å². The number of nitrogens with zero attached hydrogens (tertiary/aromatic N) is 1. The Bertz CT molecular complexity index is 507. The number of carbonyl (C=O) groups is 1. The van der Waals surface area contributed by atoms with Crippen LogP contribution in [0.15, 0.2) is 12.1 Å². The summed E-state index contributed by atoms with van der Waals surface area (Å²) in [6.45, 7) is 4.99. The molecule has 0 bridgehead atoms. The van der Waals surface area contributed by atoms with Gasteiger partial charge in [0.25, 0.3) is 5.69 Å². The van der Waals surface area contributed by atoms with Gasteiger partial charge < -0.3 is 9.84 Å². The molecule has 1 N–H and O–H groups in total. The average molecular weight is 274 g/mol. The summed E-state index contributed by atoms with van der Waals surface area (Å²) in [5.41, 5.74) is -1.41. The van der Waals surface area contributed by atoms with Gasteiger partial charge in [-0.05, 0) is 26.8 Å². The second kappa shape index (κ2) is 4.81. The lowest BCUT2D eigenvalue weighted by molar-refractivity contribution is -0.384. The zero-order valence-corrected chi connectivity index (χ0v) is 10.8. The highest BCUT2D eigenvalue weighted by molar-refractivity contribution is 6.34. The second-order valence-corrected chi connectivity index (χ2v) is 4.97. The van der Waals surface area contributed by atoms with Gasteiger partial charge in [-0.3, -0.25) is 10.1 Å². The SMILES string of the molecule is CC(C)(C)OC(=O)c1cc(O)c(Cl)c([N+](=O)[O-])c1. The number of halogens is 1. The van der Waals surface area contributed by atoms with Crippen LogP contribution in [0.25, 0.3) is 0 Å². The fourth-order valence-electron chi connectivity index (χ4n) is 1.18. The Balaban J connectivity index is 3.19. The van der Waals surface area contributed by atoms with E-state index in [4.69, 9.17) is 16.3 Å². The molecule has 0 radical (unpaired) electrons. The number of aromatic hydroxyl groups is 1. The van der Waals surface area contributed by atoms with Gasteiger partial charge in [0.1, 0.15) is 11.4 Å². The average Bonchev–Trinajstić information content (AvgIpc) is 2.18. The van der Waals surface area contributed by atoms with Crippen molar-refractivity contribution in [1.82, 2.24) is 0 Å². The fourth-order valence-corrected chi connectivity index (χ4v) is 1.36. The molecule has 0 saturated heterocycles. The van der Waals surface area contributed by atoms with Crippen molar-refractivity contribution in [3.63, 3.8) is 0 Å². The number of phenols is 1. The maximum absolute atomic E-state index is 11.7. The molecule has 0 aliphatic rings. The summed E-state index contributed by atoms with van der Waals surface area (Å²) in [4.78, 5) is 21.6. The maximum Gasteiger partial charge on any atom is 0.339 e. The first-order valence-electron chi connectivity index (χ1n) is 5.02. The van der Waals surface area contributed by atoms with E-state index < -0.39 is 33.0 Å². The molecule has 0 aliphatic carbocycles. The standard InChI is InChI=1S/C11H12ClNO5/c1-11(2,3)18-10(15)6-4-7(13(16)17)9(12)8(14)5-6/h4-5,14H,1-3H3. The van der Waals surface area contributed by atoms with Crippen LogP contribution in [-0.4, -0.2) is 21.6 Å². The van der Waals surface area contributed by atoms with Crippen molar-refractivity contribution in [2.24, 2.45) is 0 Å². The van der Waals surface area contributed by atoms with Crippen LogP contribution in [0, 0.1) is 10.1 Å². The Morgan fingerprint density at radius 3 is 2.44 bits per heavy atom. The van der Waals surface area contributed by atoms with Gasteiger partial charge in [-0.2, -0.15) is 0 Å². The van der Waals surface area contributed by atoms with Crippen LogP contribution in [0.1, 0.15) is 31.1 Å². The Morgan fingerprint density at radius 2 is 2.00 bits per heavy atom. The van der Waals surface area contributed by atoms with E-state index in [9.17, 15) is 20.0 Å². The van der Waals surface area contributed by atoms with Crippen molar-refractivity contribution >= 4 is 23.3 Å². The molecule has 1 aromatic rings. The first-order valence-corrected chi connectivity index (χ1v) is 5.40. The van der Waals surface area contributed by atoms with E-state index >= 15 is 0 Å². The zero-order chi connectivity index (χ0) is 14.1. The normalized spacial score (nSPS) is 11.1. The van der Waals surface area contributed by atoms with Crippen molar-refractivity contribution < 1.29 is 19.6 Å². The summed E-state index contributed by atoms with van der Waals surface area (Å²) in [6, 6.07) is 2.00. The molecular formula is C11H12ClNO5. The number of esters is 1. The molecule has 7 heteroatoms. The number of phenolic OH excluding ortho intramolecular Hbond substituents is 1. The molecule has 98 valence electrons. The molecule has 0 fully saturated rings. The predicted molar refractivity (Wildman–Crippen MR) is 64.9 cm³/mol. The van der Waals surface area contributed by atoms with Gasteiger partial charge >= 0.3 is 5.97 Å². The lowest BCUT2D eigenvalue weighted by atomic mass is 10.1. The Labute approximate surface area is 108 Å². The number of carbonyl (C=O) groups excluding carboxylic acids is 1. The summed E-state index contributed by atoms with van der Waals surface area (Å²) in [5, 5.41) is 19.7. The zero-order valence-electron chi connectivity index (χ0n) is 10.1. The van der Waals surface area contributed by atoms with Crippen molar-refractivity contribution in [2.45, 2.75) is 26.4 Å². The number of nitro benzene ring substituents is 1. The lowest BCUT2D eigenvalue weighted by Gasteiger charge is -2.19. The van der Waals surface area contributed by atoms with E-state index in [1.807, 2.05) is 0 Å². The van der Waals surface area contributed by atoms with Gasteiger partial charge in [0.15, 0.2) is 5.02 Å². The van der Waals surface area contributed by atoms with Crippen LogP contribution in [0.4, 0.5) is 5.69 Å². The van der Waals surface area contributed by atoms with Gasteiger partial charge in [0.05, 0.1) is 10.5 Å². The first-order chi connectivity index (χ1) is 8.11. The third-order valence-corrected chi connectivity index (χ3v) is 2.25. The van der Waals surface area contributed by atoms with Crippen LogP contribution in [0.5, 0.6) is 5.75 Å². The van der Waals surface area contributed by atoms with Gasteiger partial charge in [-0.25, -0.2) is 4.79 Å². The molecule has 6 nitrogen and oxygen atoms in total. The van der Waals surface area contributed by atoms with E-state index in [1.54, 1.807) is 20.8 Å². The lowest BCUT2D eigenvalue weighted by Crippen LogP contribution is -2.23. The molecular weight excluding hydrogens is 262 g/mol. The third kappa shape index (κ3) is 3.33. The molecule has 1 rings (SSSR count). The molecule has 0 spiro atoms. The van der Waals surface area contributed by atoms with E-state index in [2.05, 4.69) is 0 Å². The van der Waals surface area contributed by atoms with Crippen molar-refractivity contribution in [1.29, 1.82) is 0 Å². The highest BCUT2D eigenvalue weighted by atomic mass is 35.5. The first kappa shape index (κ1) is 14.2. The van der Waals surface area contributed by atoms with Crippen molar-refractivity contribution in [2.75, 3.05) is 0 Å². The predicted octanol–water partition coefficient (Wildman–Crippen LogP) is 2.91. The van der Waals surface area contributed by atoms with E-state index in [-0.39, 0.29) is 5.56 Å². The number of rotatable bonds is 2. The minimum atomic E-state index is -0.782. The summed E-state index contributed by atoms with van der Waals surface area (Å²) in [6.07, 6.45) is 0. The van der Waals surface area contributed by atoms with Gasteiger partial charge in [-0.15, -0.1) is 0 Å². The highest BCUT2D eigenvalue weighted by Crippen LogP contribution is 2.34. The largest absolute Gasteiger partial charge is 0.506 e. The number of hydrogen-bond acceptors (Lipinski definition) is 5. The summed E-state index contributed by atoms with van der Waals surface area (Å²) in [7, 11) is 0. The Hall–Kier alpha value is -1.82. The van der Waals surface area contributed by atoms with Crippen LogP contribution < -0.4 is 0 Å². The molecule has 0 aliphatic heterocycles.